The first-order chi connectivity index (χ1) is 11.8. The number of carbonyl (C=O) groups is 1. The highest BCUT2D eigenvalue weighted by Crippen LogP contribution is 2.30. The van der Waals surface area contributed by atoms with E-state index in [2.05, 4.69) is 64.2 Å². The Hall–Kier alpha value is -2.29. The number of nitrogens with one attached hydrogen (secondary N) is 1. The number of aryl methyl sites for hydroxylation is 1. The van der Waals surface area contributed by atoms with Crippen LogP contribution in [0, 0.1) is 6.92 Å². The summed E-state index contributed by atoms with van der Waals surface area (Å²) in [6, 6.07) is 16.2. The second-order valence-electron chi connectivity index (χ2n) is 7.47. The van der Waals surface area contributed by atoms with Crippen molar-refractivity contribution in [3.63, 3.8) is 0 Å². The van der Waals surface area contributed by atoms with Gasteiger partial charge in [0.2, 0.25) is 0 Å². The van der Waals surface area contributed by atoms with Crippen LogP contribution in [0.25, 0.3) is 0 Å². The van der Waals surface area contributed by atoms with E-state index in [9.17, 15) is 4.79 Å². The third-order valence-electron chi connectivity index (χ3n) is 4.28. The maximum Gasteiger partial charge on any atom is 0.258 e. The van der Waals surface area contributed by atoms with Crippen molar-refractivity contribution in [3.05, 3.63) is 65.2 Å². The van der Waals surface area contributed by atoms with E-state index in [1.165, 1.54) is 5.56 Å². The van der Waals surface area contributed by atoms with Gasteiger partial charge < -0.3 is 10.1 Å². The molecule has 0 radical (unpaired) electrons. The highest BCUT2D eigenvalue weighted by molar-refractivity contribution is 5.78. The Labute approximate surface area is 151 Å². The SMILES string of the molecule is CC[C@H](NC(=O)COc1ccccc1C(C)(C)C)c1ccc(C)cc1. The molecule has 0 aliphatic carbocycles. The summed E-state index contributed by atoms with van der Waals surface area (Å²) in [4.78, 5) is 12.4. The van der Waals surface area contributed by atoms with Gasteiger partial charge in [-0.2, -0.15) is 0 Å². The standard InChI is InChI=1S/C22H29NO2/c1-6-19(17-13-11-16(2)12-14-17)23-21(24)15-25-20-10-8-7-9-18(20)22(3,4)5/h7-14,19H,6,15H2,1-5H3,(H,23,24)/t19-/m0/s1. The molecule has 0 unspecified atom stereocenters. The van der Waals surface area contributed by atoms with Gasteiger partial charge in [-0.05, 0) is 36.0 Å². The van der Waals surface area contributed by atoms with Gasteiger partial charge in [0, 0.05) is 0 Å². The highest BCUT2D eigenvalue weighted by Gasteiger charge is 2.19. The van der Waals surface area contributed by atoms with Crippen molar-refractivity contribution in [1.82, 2.24) is 5.32 Å². The van der Waals surface area contributed by atoms with E-state index >= 15 is 0 Å². The zero-order chi connectivity index (χ0) is 18.4. The number of rotatable bonds is 6. The Morgan fingerprint density at radius 3 is 2.32 bits per heavy atom. The molecule has 2 aromatic rings. The zero-order valence-electron chi connectivity index (χ0n) is 15.9. The second-order valence-corrected chi connectivity index (χ2v) is 7.47. The summed E-state index contributed by atoms with van der Waals surface area (Å²) >= 11 is 0. The largest absolute Gasteiger partial charge is 0.483 e. The number of para-hydroxylation sites is 1. The first kappa shape index (κ1) is 19.0. The molecule has 0 saturated heterocycles. The maximum absolute atomic E-state index is 12.4. The summed E-state index contributed by atoms with van der Waals surface area (Å²) in [5, 5.41) is 3.07. The third-order valence-corrected chi connectivity index (χ3v) is 4.28. The molecule has 0 fully saturated rings. The topological polar surface area (TPSA) is 38.3 Å². The molecule has 0 bridgehead atoms. The monoisotopic (exact) mass is 339 g/mol. The van der Waals surface area contributed by atoms with E-state index in [0.717, 1.165) is 23.3 Å². The minimum absolute atomic E-state index is 0.00885. The molecule has 0 aliphatic rings. The van der Waals surface area contributed by atoms with Gasteiger partial charge in [-0.25, -0.2) is 0 Å². The van der Waals surface area contributed by atoms with Crippen LogP contribution in [0.4, 0.5) is 0 Å². The molecule has 3 nitrogen and oxygen atoms in total. The van der Waals surface area contributed by atoms with Crippen LogP contribution in [0.2, 0.25) is 0 Å². The summed E-state index contributed by atoms with van der Waals surface area (Å²) in [7, 11) is 0. The Morgan fingerprint density at radius 1 is 1.08 bits per heavy atom. The van der Waals surface area contributed by atoms with E-state index in [1.54, 1.807) is 0 Å². The molecular formula is C22H29NO2. The van der Waals surface area contributed by atoms with Gasteiger partial charge in [0.15, 0.2) is 6.61 Å². The molecule has 1 atom stereocenters. The van der Waals surface area contributed by atoms with Crippen molar-refractivity contribution in [2.45, 2.75) is 52.5 Å². The van der Waals surface area contributed by atoms with Crippen molar-refractivity contribution in [2.75, 3.05) is 6.61 Å². The van der Waals surface area contributed by atoms with E-state index < -0.39 is 0 Å². The Kier molecular flexibility index (Phi) is 6.24. The molecule has 25 heavy (non-hydrogen) atoms. The number of amides is 1. The van der Waals surface area contributed by atoms with Crippen LogP contribution in [0.3, 0.4) is 0 Å². The molecule has 1 N–H and O–H groups in total. The van der Waals surface area contributed by atoms with Gasteiger partial charge in [-0.3, -0.25) is 4.79 Å². The van der Waals surface area contributed by atoms with Crippen LogP contribution < -0.4 is 10.1 Å². The fourth-order valence-corrected chi connectivity index (χ4v) is 2.81. The molecule has 0 saturated carbocycles. The van der Waals surface area contributed by atoms with Gasteiger partial charge >= 0.3 is 0 Å². The van der Waals surface area contributed by atoms with Crippen molar-refractivity contribution < 1.29 is 9.53 Å². The molecule has 0 aromatic heterocycles. The summed E-state index contributed by atoms with van der Waals surface area (Å²) in [6.07, 6.45) is 0.841. The van der Waals surface area contributed by atoms with E-state index in [-0.39, 0.29) is 24.0 Å². The Bertz CT molecular complexity index is 699. The summed E-state index contributed by atoms with van der Waals surface area (Å²) in [6.45, 7) is 10.6. The first-order valence-corrected chi connectivity index (χ1v) is 8.89. The van der Waals surface area contributed by atoms with Crippen molar-refractivity contribution >= 4 is 5.91 Å². The normalized spacial score (nSPS) is 12.5. The fraction of sp³-hybridized carbons (Fsp3) is 0.409. The fourth-order valence-electron chi connectivity index (χ4n) is 2.81. The van der Waals surface area contributed by atoms with Crippen LogP contribution in [-0.2, 0) is 10.2 Å². The molecule has 1 amide bonds. The van der Waals surface area contributed by atoms with Crippen molar-refractivity contribution in [1.29, 1.82) is 0 Å². The zero-order valence-corrected chi connectivity index (χ0v) is 15.9. The van der Waals surface area contributed by atoms with Gasteiger partial charge in [0.1, 0.15) is 5.75 Å². The summed E-state index contributed by atoms with van der Waals surface area (Å²) in [5.74, 6) is 0.671. The van der Waals surface area contributed by atoms with Gasteiger partial charge in [-0.15, -0.1) is 0 Å². The number of ether oxygens (including phenoxy) is 1. The van der Waals surface area contributed by atoms with E-state index in [1.807, 2.05) is 24.3 Å². The van der Waals surface area contributed by atoms with Gasteiger partial charge in [0.25, 0.3) is 5.91 Å². The minimum atomic E-state index is -0.101. The average molecular weight is 339 g/mol. The number of carbonyl (C=O) groups excluding carboxylic acids is 1. The molecule has 0 spiro atoms. The molecule has 2 rings (SSSR count). The highest BCUT2D eigenvalue weighted by atomic mass is 16.5. The lowest BCUT2D eigenvalue weighted by Gasteiger charge is -2.23. The van der Waals surface area contributed by atoms with Crippen LogP contribution in [-0.4, -0.2) is 12.5 Å². The predicted molar refractivity (Wildman–Crippen MR) is 103 cm³/mol. The van der Waals surface area contributed by atoms with Crippen LogP contribution >= 0.6 is 0 Å². The third kappa shape index (κ3) is 5.35. The summed E-state index contributed by atoms with van der Waals surface area (Å²) in [5.41, 5.74) is 3.41. The molecule has 0 aliphatic heterocycles. The smallest absolute Gasteiger partial charge is 0.258 e. The Balaban J connectivity index is 2.00. The first-order valence-electron chi connectivity index (χ1n) is 8.89. The Morgan fingerprint density at radius 2 is 1.72 bits per heavy atom. The van der Waals surface area contributed by atoms with Crippen LogP contribution in [0.5, 0.6) is 5.75 Å². The van der Waals surface area contributed by atoms with E-state index in [0.29, 0.717) is 0 Å². The van der Waals surface area contributed by atoms with Crippen molar-refractivity contribution in [3.8, 4) is 5.75 Å². The minimum Gasteiger partial charge on any atom is -0.483 e. The van der Waals surface area contributed by atoms with Gasteiger partial charge in [-0.1, -0.05) is 75.7 Å². The summed E-state index contributed by atoms with van der Waals surface area (Å²) < 4.78 is 5.81. The molecule has 134 valence electrons. The molecule has 2 aromatic carbocycles. The van der Waals surface area contributed by atoms with Crippen molar-refractivity contribution in [2.24, 2.45) is 0 Å². The maximum atomic E-state index is 12.4. The lowest BCUT2D eigenvalue weighted by Crippen LogP contribution is -2.32. The van der Waals surface area contributed by atoms with E-state index in [4.69, 9.17) is 4.74 Å². The van der Waals surface area contributed by atoms with Crippen LogP contribution in [0.15, 0.2) is 48.5 Å². The second kappa shape index (κ2) is 8.19. The van der Waals surface area contributed by atoms with Gasteiger partial charge in [0.05, 0.1) is 6.04 Å². The number of hydrogen-bond acceptors (Lipinski definition) is 2. The molecule has 0 heterocycles. The number of benzene rings is 2. The average Bonchev–Trinajstić information content (AvgIpc) is 2.58. The quantitative estimate of drug-likeness (QED) is 0.809. The lowest BCUT2D eigenvalue weighted by molar-refractivity contribution is -0.123. The molecular weight excluding hydrogens is 310 g/mol. The predicted octanol–water partition coefficient (Wildman–Crippen LogP) is 4.94. The molecule has 3 heteroatoms. The lowest BCUT2D eigenvalue weighted by atomic mass is 9.86. The number of hydrogen-bond donors (Lipinski definition) is 1. The van der Waals surface area contributed by atoms with Crippen LogP contribution in [0.1, 0.15) is 56.8 Å².